The van der Waals surface area contributed by atoms with Crippen molar-refractivity contribution in [2.75, 3.05) is 18.1 Å². The van der Waals surface area contributed by atoms with Gasteiger partial charge in [0, 0.05) is 24.1 Å². The van der Waals surface area contributed by atoms with E-state index < -0.39 is 6.04 Å². The second-order valence-electron chi connectivity index (χ2n) is 6.38. The Balaban J connectivity index is 1.74. The number of carbonyl (C=O) groups excluding carboxylic acids is 2. The summed E-state index contributed by atoms with van der Waals surface area (Å²) in [4.78, 5) is 26.0. The summed E-state index contributed by atoms with van der Waals surface area (Å²) < 4.78 is 5.80. The number of nitrogens with zero attached hydrogens (tertiary/aromatic N) is 1. The van der Waals surface area contributed by atoms with Crippen LogP contribution >= 0.6 is 23.2 Å². The summed E-state index contributed by atoms with van der Waals surface area (Å²) in [5.74, 6) is 0.272. The Morgan fingerprint density at radius 3 is 2.59 bits per heavy atom. The minimum absolute atomic E-state index is 0.244. The van der Waals surface area contributed by atoms with Crippen LogP contribution in [0.3, 0.4) is 0 Å². The van der Waals surface area contributed by atoms with Crippen LogP contribution < -0.4 is 15.0 Å². The molecule has 1 heterocycles. The number of carbonyl (C=O) groups is 2. The normalized spacial score (nSPS) is 15.6. The molecule has 0 radical (unpaired) electrons. The number of halogens is 2. The maximum absolute atomic E-state index is 12.9. The number of anilines is 1. The molecule has 1 unspecified atom stereocenters. The zero-order valence-corrected chi connectivity index (χ0v) is 16.6. The predicted molar refractivity (Wildman–Crippen MR) is 107 cm³/mol. The van der Waals surface area contributed by atoms with Gasteiger partial charge in [-0.2, -0.15) is 0 Å². The molecule has 0 bridgehead atoms. The second-order valence-corrected chi connectivity index (χ2v) is 7.20. The molecule has 0 fully saturated rings. The van der Waals surface area contributed by atoms with Crippen molar-refractivity contribution in [3.05, 3.63) is 57.6 Å². The fourth-order valence-electron chi connectivity index (χ4n) is 3.18. The number of nitrogens with one attached hydrogen (secondary N) is 1. The smallest absolute Gasteiger partial charge is 0.254 e. The number of hydrogen-bond donors (Lipinski definition) is 1. The Morgan fingerprint density at radius 1 is 1.19 bits per heavy atom. The van der Waals surface area contributed by atoms with Crippen LogP contribution in [0.1, 0.15) is 30.5 Å². The van der Waals surface area contributed by atoms with Crippen LogP contribution in [0.25, 0.3) is 0 Å². The number of para-hydroxylation sites is 1. The predicted octanol–water partition coefficient (Wildman–Crippen LogP) is 4.29. The number of hydrogen-bond acceptors (Lipinski definition) is 3. The van der Waals surface area contributed by atoms with Crippen LogP contribution in [0.15, 0.2) is 36.4 Å². The highest BCUT2D eigenvalue weighted by molar-refractivity contribution is 6.38. The largest absolute Gasteiger partial charge is 0.493 e. The first-order valence-corrected chi connectivity index (χ1v) is 9.40. The van der Waals surface area contributed by atoms with Gasteiger partial charge in [0.2, 0.25) is 5.91 Å². The van der Waals surface area contributed by atoms with Gasteiger partial charge >= 0.3 is 0 Å². The van der Waals surface area contributed by atoms with Crippen molar-refractivity contribution in [3.63, 3.8) is 0 Å². The highest BCUT2D eigenvalue weighted by atomic mass is 35.5. The van der Waals surface area contributed by atoms with Gasteiger partial charge in [-0.15, -0.1) is 0 Å². The van der Waals surface area contributed by atoms with Crippen LogP contribution in [0.2, 0.25) is 10.0 Å². The maximum atomic E-state index is 12.9. The van der Waals surface area contributed by atoms with Crippen molar-refractivity contribution in [3.8, 4) is 5.75 Å². The molecule has 0 aliphatic carbocycles. The zero-order chi connectivity index (χ0) is 19.6. The molecule has 2 aromatic carbocycles. The molecule has 5 nitrogen and oxygen atoms in total. The minimum atomic E-state index is -0.819. The zero-order valence-electron chi connectivity index (χ0n) is 15.1. The van der Waals surface area contributed by atoms with Gasteiger partial charge in [-0.25, -0.2) is 0 Å². The van der Waals surface area contributed by atoms with Gasteiger partial charge in [0.25, 0.3) is 5.91 Å². The Morgan fingerprint density at radius 2 is 1.89 bits per heavy atom. The molecule has 0 saturated heterocycles. The number of fused-ring (bicyclic) bond motifs is 1. The van der Waals surface area contributed by atoms with Gasteiger partial charge in [0.05, 0.1) is 17.3 Å². The summed E-state index contributed by atoms with van der Waals surface area (Å²) in [5, 5.41) is 3.49. The van der Waals surface area contributed by atoms with Crippen molar-refractivity contribution < 1.29 is 14.3 Å². The molecule has 2 aromatic rings. The lowest BCUT2D eigenvalue weighted by atomic mass is 10.1. The van der Waals surface area contributed by atoms with E-state index in [1.165, 1.54) is 6.92 Å². The second kappa shape index (κ2) is 8.19. The molecule has 142 valence electrons. The first kappa shape index (κ1) is 19.5. The first-order chi connectivity index (χ1) is 12.9. The third-order valence-electron chi connectivity index (χ3n) is 4.41. The van der Waals surface area contributed by atoms with Gasteiger partial charge in [0.1, 0.15) is 11.8 Å². The van der Waals surface area contributed by atoms with E-state index in [1.807, 2.05) is 31.2 Å². The molecule has 0 spiro atoms. The number of amides is 2. The molecule has 3 rings (SSSR count). The lowest BCUT2D eigenvalue weighted by Crippen LogP contribution is -2.37. The number of rotatable bonds is 6. The monoisotopic (exact) mass is 406 g/mol. The van der Waals surface area contributed by atoms with Gasteiger partial charge in [0.15, 0.2) is 0 Å². The van der Waals surface area contributed by atoms with Crippen molar-refractivity contribution in [2.24, 2.45) is 0 Å². The van der Waals surface area contributed by atoms with E-state index in [4.69, 9.17) is 27.9 Å². The fourth-order valence-corrected chi connectivity index (χ4v) is 3.71. The SMILES string of the molecule is CC(=O)NC1C(=O)N(CCCOc2ccccc2C)c2c(Cl)ccc(Cl)c21. The molecular formula is C20H20Cl2N2O3. The van der Waals surface area contributed by atoms with Crippen LogP contribution in [0.4, 0.5) is 5.69 Å². The molecular weight excluding hydrogens is 387 g/mol. The van der Waals surface area contributed by atoms with E-state index in [2.05, 4.69) is 5.32 Å². The topological polar surface area (TPSA) is 58.6 Å². The molecule has 1 N–H and O–H groups in total. The van der Waals surface area contributed by atoms with Gasteiger partial charge < -0.3 is 15.0 Å². The molecule has 7 heteroatoms. The van der Waals surface area contributed by atoms with Crippen LogP contribution in [-0.2, 0) is 9.59 Å². The summed E-state index contributed by atoms with van der Waals surface area (Å²) in [6, 6.07) is 10.2. The third-order valence-corrected chi connectivity index (χ3v) is 5.05. The Labute approximate surface area is 168 Å². The standard InChI is InChI=1S/C20H20Cl2N2O3/c1-12-6-3-4-7-16(12)27-11-5-10-24-19-15(22)9-8-14(21)17(19)18(20(24)26)23-13(2)25/h3-4,6-9,18H,5,10-11H2,1-2H3,(H,23,25). The van der Waals surface area contributed by atoms with Gasteiger partial charge in [-0.1, -0.05) is 41.4 Å². The van der Waals surface area contributed by atoms with E-state index in [0.717, 1.165) is 11.3 Å². The highest BCUT2D eigenvalue weighted by Gasteiger charge is 2.40. The summed E-state index contributed by atoms with van der Waals surface area (Å²) in [5.41, 5.74) is 2.16. The number of benzene rings is 2. The average Bonchev–Trinajstić information content (AvgIpc) is 2.90. The molecule has 1 atom stereocenters. The highest BCUT2D eigenvalue weighted by Crippen LogP contribution is 2.44. The third kappa shape index (κ3) is 4.04. The van der Waals surface area contributed by atoms with E-state index in [1.54, 1.807) is 17.0 Å². The molecule has 1 aliphatic heterocycles. The van der Waals surface area contributed by atoms with Crippen LogP contribution in [0.5, 0.6) is 5.75 Å². The summed E-state index contributed by atoms with van der Waals surface area (Å²) in [6.07, 6.45) is 0.606. The van der Waals surface area contributed by atoms with Gasteiger partial charge in [-0.05, 0) is 37.1 Å². The Kier molecular flexibility index (Phi) is 5.92. The lowest BCUT2D eigenvalue weighted by Gasteiger charge is -2.19. The van der Waals surface area contributed by atoms with Crippen molar-refractivity contribution >= 4 is 40.7 Å². The maximum Gasteiger partial charge on any atom is 0.254 e. The molecule has 0 saturated carbocycles. The van der Waals surface area contributed by atoms with E-state index in [-0.39, 0.29) is 11.8 Å². The average molecular weight is 407 g/mol. The number of aryl methyl sites for hydroxylation is 1. The molecule has 27 heavy (non-hydrogen) atoms. The summed E-state index contributed by atoms with van der Waals surface area (Å²) in [6.45, 7) is 4.21. The minimum Gasteiger partial charge on any atom is -0.493 e. The fraction of sp³-hybridized carbons (Fsp3) is 0.300. The van der Waals surface area contributed by atoms with Crippen molar-refractivity contribution in [1.82, 2.24) is 5.32 Å². The quantitative estimate of drug-likeness (QED) is 0.727. The summed E-state index contributed by atoms with van der Waals surface area (Å²) >= 11 is 12.6. The van der Waals surface area contributed by atoms with E-state index in [0.29, 0.717) is 40.9 Å². The van der Waals surface area contributed by atoms with E-state index >= 15 is 0 Å². The van der Waals surface area contributed by atoms with E-state index in [9.17, 15) is 9.59 Å². The van der Waals surface area contributed by atoms with Crippen LogP contribution in [0, 0.1) is 6.92 Å². The van der Waals surface area contributed by atoms with Crippen molar-refractivity contribution in [1.29, 1.82) is 0 Å². The molecule has 0 aromatic heterocycles. The summed E-state index contributed by atoms with van der Waals surface area (Å²) in [7, 11) is 0. The van der Waals surface area contributed by atoms with Gasteiger partial charge in [-0.3, -0.25) is 9.59 Å². The van der Waals surface area contributed by atoms with Crippen molar-refractivity contribution in [2.45, 2.75) is 26.3 Å². The Bertz CT molecular complexity index is 886. The molecule has 1 aliphatic rings. The lowest BCUT2D eigenvalue weighted by molar-refractivity contribution is -0.126. The number of ether oxygens (including phenoxy) is 1. The first-order valence-electron chi connectivity index (χ1n) is 8.65. The molecule has 2 amide bonds. The Hall–Kier alpha value is -2.24. The van der Waals surface area contributed by atoms with Crippen LogP contribution in [-0.4, -0.2) is 25.0 Å².